The van der Waals surface area contributed by atoms with Crippen LogP contribution in [0.5, 0.6) is 5.75 Å². The lowest BCUT2D eigenvalue weighted by molar-refractivity contribution is -0.127. The average Bonchev–Trinajstić information content (AvgIpc) is 3.03. The Bertz CT molecular complexity index is 915. The molecule has 3 rings (SSSR count). The lowest BCUT2D eigenvalue weighted by Crippen LogP contribution is -2.37. The summed E-state index contributed by atoms with van der Waals surface area (Å²) in [6.07, 6.45) is -0.0667. The van der Waals surface area contributed by atoms with Crippen LogP contribution in [0, 0.1) is 0 Å². The number of amides is 1. The van der Waals surface area contributed by atoms with Crippen LogP contribution in [0.15, 0.2) is 51.8 Å². The molecule has 1 aliphatic rings. The molecule has 1 heterocycles. The van der Waals surface area contributed by atoms with Crippen LogP contribution < -0.4 is 14.8 Å². The van der Waals surface area contributed by atoms with Crippen LogP contribution in [0.2, 0.25) is 0 Å². The number of ether oxygens (including phenoxy) is 1. The number of hydrogen-bond donors (Lipinski definition) is 2. The van der Waals surface area contributed by atoms with Crippen molar-refractivity contribution in [2.24, 2.45) is 0 Å². The molecule has 8 heteroatoms. The number of fused-ring (bicyclic) bond motifs is 1. The fourth-order valence-electron chi connectivity index (χ4n) is 2.61. The third kappa shape index (κ3) is 4.02. The molecule has 1 atom stereocenters. The van der Waals surface area contributed by atoms with E-state index in [0.717, 1.165) is 10.0 Å². The van der Waals surface area contributed by atoms with E-state index in [9.17, 15) is 13.2 Å². The molecule has 0 bridgehead atoms. The van der Waals surface area contributed by atoms with Crippen LogP contribution in [0.4, 0.5) is 0 Å². The Morgan fingerprint density at radius 1 is 1.28 bits per heavy atom. The molecule has 2 aromatic carbocycles. The van der Waals surface area contributed by atoms with E-state index in [0.29, 0.717) is 17.7 Å². The molecule has 1 aliphatic heterocycles. The molecule has 2 N–H and O–H groups in total. The number of carbonyl (C=O) groups excluding carboxylic acids is 1. The Labute approximate surface area is 154 Å². The van der Waals surface area contributed by atoms with Crippen molar-refractivity contribution in [3.05, 3.63) is 58.1 Å². The minimum absolute atomic E-state index is 0.163. The van der Waals surface area contributed by atoms with E-state index in [2.05, 4.69) is 26.0 Å². The van der Waals surface area contributed by atoms with Crippen molar-refractivity contribution in [3.63, 3.8) is 0 Å². The number of rotatable bonds is 5. The minimum Gasteiger partial charge on any atom is -0.480 e. The molecule has 25 heavy (non-hydrogen) atoms. The van der Waals surface area contributed by atoms with Gasteiger partial charge in [0.25, 0.3) is 5.91 Å². The van der Waals surface area contributed by atoms with E-state index in [4.69, 9.17) is 4.74 Å². The first-order valence-electron chi connectivity index (χ1n) is 7.64. The first kappa shape index (κ1) is 17.9. The zero-order chi connectivity index (χ0) is 18.0. The van der Waals surface area contributed by atoms with Gasteiger partial charge in [-0.1, -0.05) is 28.1 Å². The number of nitrogens with one attached hydrogen (secondary N) is 2. The van der Waals surface area contributed by atoms with Gasteiger partial charge in [-0.15, -0.1) is 0 Å². The van der Waals surface area contributed by atoms with Crippen molar-refractivity contribution < 1.29 is 17.9 Å². The minimum atomic E-state index is -3.51. The first-order chi connectivity index (χ1) is 11.9. The SMILES string of the molecule is CNS(=O)(=O)c1cccc(CNC(=O)C2Cc3cc(Br)ccc3O2)c1. The third-order valence-electron chi connectivity index (χ3n) is 3.93. The highest BCUT2D eigenvalue weighted by molar-refractivity contribution is 9.10. The summed E-state index contributed by atoms with van der Waals surface area (Å²) in [5.41, 5.74) is 1.68. The molecular formula is C17H17BrN2O4S. The number of sulfonamides is 1. The number of hydrogen-bond acceptors (Lipinski definition) is 4. The number of benzene rings is 2. The Morgan fingerprint density at radius 2 is 2.08 bits per heavy atom. The highest BCUT2D eigenvalue weighted by Gasteiger charge is 2.29. The maximum atomic E-state index is 12.3. The summed E-state index contributed by atoms with van der Waals surface area (Å²) in [6, 6.07) is 12.1. The second kappa shape index (κ2) is 7.15. The van der Waals surface area contributed by atoms with Crippen molar-refractivity contribution in [1.29, 1.82) is 0 Å². The topological polar surface area (TPSA) is 84.5 Å². The Morgan fingerprint density at radius 3 is 2.84 bits per heavy atom. The normalized spacial score (nSPS) is 16.2. The van der Waals surface area contributed by atoms with Gasteiger partial charge in [0.2, 0.25) is 10.0 Å². The zero-order valence-corrected chi connectivity index (χ0v) is 15.9. The van der Waals surface area contributed by atoms with Crippen LogP contribution in [0.25, 0.3) is 0 Å². The van der Waals surface area contributed by atoms with E-state index in [1.165, 1.54) is 19.2 Å². The Balaban J connectivity index is 1.63. The molecule has 1 amide bonds. The fraction of sp³-hybridized carbons (Fsp3) is 0.235. The summed E-state index contributed by atoms with van der Waals surface area (Å²) in [4.78, 5) is 12.5. The third-order valence-corrected chi connectivity index (χ3v) is 5.84. The molecule has 0 spiro atoms. The maximum Gasteiger partial charge on any atom is 0.261 e. The van der Waals surface area contributed by atoms with Gasteiger partial charge in [-0.25, -0.2) is 13.1 Å². The van der Waals surface area contributed by atoms with Crippen LogP contribution >= 0.6 is 15.9 Å². The van der Waals surface area contributed by atoms with Crippen LogP contribution in [-0.4, -0.2) is 27.5 Å². The van der Waals surface area contributed by atoms with E-state index >= 15 is 0 Å². The summed E-state index contributed by atoms with van der Waals surface area (Å²) in [5, 5.41) is 2.80. The Kier molecular flexibility index (Phi) is 5.12. The molecule has 0 saturated carbocycles. The molecular weight excluding hydrogens is 408 g/mol. The van der Waals surface area contributed by atoms with E-state index in [1.54, 1.807) is 12.1 Å². The molecule has 0 aliphatic carbocycles. The largest absolute Gasteiger partial charge is 0.480 e. The second-order valence-electron chi connectivity index (χ2n) is 5.64. The highest BCUT2D eigenvalue weighted by atomic mass is 79.9. The monoisotopic (exact) mass is 424 g/mol. The van der Waals surface area contributed by atoms with Gasteiger partial charge in [-0.3, -0.25) is 4.79 Å². The van der Waals surface area contributed by atoms with E-state index in [-0.39, 0.29) is 17.3 Å². The van der Waals surface area contributed by atoms with Gasteiger partial charge in [-0.2, -0.15) is 0 Å². The number of halogens is 1. The van der Waals surface area contributed by atoms with Crippen molar-refractivity contribution in [2.75, 3.05) is 7.05 Å². The summed E-state index contributed by atoms with van der Waals surface area (Å²) in [7, 11) is -2.15. The standard InChI is InChI=1S/C17H17BrN2O4S/c1-19-25(22,23)14-4-2-3-11(7-14)10-20-17(21)16-9-12-8-13(18)5-6-15(12)24-16/h2-8,16,19H,9-10H2,1H3,(H,20,21). The summed E-state index contributed by atoms with van der Waals surface area (Å²) < 4.78 is 32.5. The van der Waals surface area contributed by atoms with Crippen molar-refractivity contribution in [3.8, 4) is 5.75 Å². The van der Waals surface area contributed by atoms with Crippen LogP contribution in [0.3, 0.4) is 0 Å². The smallest absolute Gasteiger partial charge is 0.261 e. The van der Waals surface area contributed by atoms with Gasteiger partial charge < -0.3 is 10.1 Å². The van der Waals surface area contributed by atoms with Gasteiger partial charge in [0.05, 0.1) is 4.90 Å². The molecule has 2 aromatic rings. The van der Waals surface area contributed by atoms with Gasteiger partial charge in [0, 0.05) is 17.4 Å². The second-order valence-corrected chi connectivity index (χ2v) is 8.44. The van der Waals surface area contributed by atoms with E-state index in [1.807, 2.05) is 18.2 Å². The maximum absolute atomic E-state index is 12.3. The molecule has 0 aromatic heterocycles. The van der Waals surface area contributed by atoms with Crippen molar-refractivity contribution in [1.82, 2.24) is 10.0 Å². The summed E-state index contributed by atoms with van der Waals surface area (Å²) in [6.45, 7) is 0.228. The predicted molar refractivity (Wildman–Crippen MR) is 96.8 cm³/mol. The summed E-state index contributed by atoms with van der Waals surface area (Å²) in [5.74, 6) is 0.486. The van der Waals surface area contributed by atoms with Gasteiger partial charge in [0.15, 0.2) is 6.10 Å². The lowest BCUT2D eigenvalue weighted by atomic mass is 10.1. The van der Waals surface area contributed by atoms with Crippen LogP contribution in [0.1, 0.15) is 11.1 Å². The fourth-order valence-corrected chi connectivity index (χ4v) is 3.82. The molecule has 0 saturated heterocycles. The van der Waals surface area contributed by atoms with Gasteiger partial charge in [-0.05, 0) is 48.5 Å². The lowest BCUT2D eigenvalue weighted by Gasteiger charge is -2.12. The van der Waals surface area contributed by atoms with Gasteiger partial charge >= 0.3 is 0 Å². The predicted octanol–water partition coefficient (Wildman–Crippen LogP) is 1.98. The van der Waals surface area contributed by atoms with Gasteiger partial charge in [0.1, 0.15) is 5.75 Å². The average molecular weight is 425 g/mol. The van der Waals surface area contributed by atoms with E-state index < -0.39 is 16.1 Å². The van der Waals surface area contributed by atoms with Crippen LogP contribution in [-0.2, 0) is 27.8 Å². The summed E-state index contributed by atoms with van der Waals surface area (Å²) >= 11 is 3.40. The molecule has 0 fully saturated rings. The number of carbonyl (C=O) groups is 1. The van der Waals surface area contributed by atoms with Crippen molar-refractivity contribution >= 4 is 31.9 Å². The molecule has 0 radical (unpaired) electrons. The molecule has 6 nitrogen and oxygen atoms in total. The molecule has 132 valence electrons. The first-order valence-corrected chi connectivity index (χ1v) is 9.92. The quantitative estimate of drug-likeness (QED) is 0.768. The van der Waals surface area contributed by atoms with Crippen molar-refractivity contribution in [2.45, 2.75) is 24.0 Å². The zero-order valence-electron chi connectivity index (χ0n) is 13.5. The molecule has 1 unspecified atom stereocenters. The Hall–Kier alpha value is -1.90. The highest BCUT2D eigenvalue weighted by Crippen LogP contribution is 2.31.